The van der Waals surface area contributed by atoms with Gasteiger partial charge >= 0.3 is 0 Å². The summed E-state index contributed by atoms with van der Waals surface area (Å²) in [5.74, 6) is -1.61. The van der Waals surface area contributed by atoms with Gasteiger partial charge in [-0.3, -0.25) is 0 Å². The van der Waals surface area contributed by atoms with Gasteiger partial charge in [-0.2, -0.15) is 0 Å². The maximum atomic E-state index is 13.8. The van der Waals surface area contributed by atoms with Crippen molar-refractivity contribution in [2.45, 2.75) is 25.4 Å². The van der Waals surface area contributed by atoms with E-state index in [0.717, 1.165) is 0 Å². The first-order valence-electron chi connectivity index (χ1n) is 6.13. The van der Waals surface area contributed by atoms with Crippen LogP contribution in [-0.4, -0.2) is 25.9 Å². The van der Waals surface area contributed by atoms with E-state index < -0.39 is 11.6 Å². The molecule has 0 spiro atoms. The Morgan fingerprint density at radius 3 is 2.39 bits per heavy atom. The minimum absolute atomic E-state index is 0.178. The van der Waals surface area contributed by atoms with E-state index in [9.17, 15) is 8.78 Å². The number of ether oxygens (including phenoxy) is 2. The normalized spacial score (nSPS) is 16.8. The number of benzene rings is 1. The van der Waals surface area contributed by atoms with Gasteiger partial charge in [0.2, 0.25) is 0 Å². The highest BCUT2D eigenvalue weighted by molar-refractivity contribution is 5.31. The zero-order valence-corrected chi connectivity index (χ0v) is 10.1. The highest BCUT2D eigenvalue weighted by Gasteiger charge is 2.20. The summed E-state index contributed by atoms with van der Waals surface area (Å²) in [6, 6.07) is 2.56. The van der Waals surface area contributed by atoms with E-state index >= 15 is 0 Å². The summed E-state index contributed by atoms with van der Waals surface area (Å²) in [7, 11) is 0. The summed E-state index contributed by atoms with van der Waals surface area (Å²) in [4.78, 5) is 0. The van der Waals surface area contributed by atoms with Crippen LogP contribution in [0, 0.1) is 11.6 Å². The molecule has 0 bridgehead atoms. The average molecular weight is 257 g/mol. The van der Waals surface area contributed by atoms with Crippen LogP contribution in [0.1, 0.15) is 18.4 Å². The molecule has 0 radical (unpaired) electrons. The lowest BCUT2D eigenvalue weighted by Crippen LogP contribution is -2.26. The summed E-state index contributed by atoms with van der Waals surface area (Å²) >= 11 is 0. The van der Waals surface area contributed by atoms with E-state index in [-0.39, 0.29) is 11.9 Å². The van der Waals surface area contributed by atoms with Gasteiger partial charge in [0.05, 0.1) is 13.2 Å². The molecule has 1 saturated heterocycles. The van der Waals surface area contributed by atoms with Gasteiger partial charge in [-0.15, -0.1) is 0 Å². The van der Waals surface area contributed by atoms with E-state index in [1.54, 1.807) is 0 Å². The molecule has 0 saturated carbocycles. The van der Waals surface area contributed by atoms with E-state index in [1.165, 1.54) is 12.1 Å². The van der Waals surface area contributed by atoms with Crippen molar-refractivity contribution in [1.29, 1.82) is 0 Å². The Morgan fingerprint density at radius 2 is 1.83 bits per heavy atom. The van der Waals surface area contributed by atoms with Crippen LogP contribution in [0.5, 0.6) is 5.75 Å². The molecule has 0 unspecified atom stereocenters. The van der Waals surface area contributed by atoms with Crippen LogP contribution in [-0.2, 0) is 11.2 Å². The topological polar surface area (TPSA) is 44.5 Å². The zero-order valence-electron chi connectivity index (χ0n) is 10.1. The maximum absolute atomic E-state index is 13.8. The minimum Gasteiger partial charge on any atom is -0.484 e. The van der Waals surface area contributed by atoms with E-state index in [1.807, 2.05) is 0 Å². The molecular weight excluding hydrogens is 240 g/mol. The van der Waals surface area contributed by atoms with Crippen molar-refractivity contribution in [3.05, 3.63) is 29.3 Å². The predicted molar refractivity (Wildman–Crippen MR) is 63.6 cm³/mol. The smallest absolute Gasteiger partial charge is 0.191 e. The summed E-state index contributed by atoms with van der Waals surface area (Å²) in [6.45, 7) is 1.50. The molecule has 1 heterocycles. The van der Waals surface area contributed by atoms with Crippen LogP contribution in [0.2, 0.25) is 0 Å². The van der Waals surface area contributed by atoms with Crippen LogP contribution in [0.25, 0.3) is 0 Å². The van der Waals surface area contributed by atoms with Gasteiger partial charge in [0.1, 0.15) is 6.10 Å². The molecule has 0 amide bonds. The average Bonchev–Trinajstić information content (AvgIpc) is 2.36. The molecule has 2 rings (SSSR count). The van der Waals surface area contributed by atoms with Gasteiger partial charge in [-0.25, -0.2) is 8.78 Å². The van der Waals surface area contributed by atoms with Crippen molar-refractivity contribution in [2.75, 3.05) is 19.8 Å². The Morgan fingerprint density at radius 1 is 1.22 bits per heavy atom. The summed E-state index contributed by atoms with van der Waals surface area (Å²) in [5.41, 5.74) is 5.91. The van der Waals surface area contributed by atoms with E-state index in [4.69, 9.17) is 15.2 Å². The fourth-order valence-corrected chi connectivity index (χ4v) is 2.00. The second-order valence-corrected chi connectivity index (χ2v) is 4.36. The Balaban J connectivity index is 2.11. The second-order valence-electron chi connectivity index (χ2n) is 4.36. The van der Waals surface area contributed by atoms with E-state index in [0.29, 0.717) is 44.6 Å². The molecule has 1 aliphatic rings. The molecule has 3 nitrogen and oxygen atoms in total. The monoisotopic (exact) mass is 257 g/mol. The third-order valence-corrected chi connectivity index (χ3v) is 2.94. The number of rotatable bonds is 4. The van der Waals surface area contributed by atoms with Crippen molar-refractivity contribution in [3.63, 3.8) is 0 Å². The summed E-state index contributed by atoms with van der Waals surface area (Å²) < 4.78 is 38.1. The lowest BCUT2D eigenvalue weighted by Gasteiger charge is -2.23. The molecule has 0 atom stereocenters. The first-order valence-corrected chi connectivity index (χ1v) is 6.13. The van der Waals surface area contributed by atoms with Gasteiger partial charge in [-0.05, 0) is 30.7 Å². The molecule has 1 aliphatic heterocycles. The lowest BCUT2D eigenvalue weighted by atomic mass is 10.1. The van der Waals surface area contributed by atoms with Crippen molar-refractivity contribution in [3.8, 4) is 5.75 Å². The van der Waals surface area contributed by atoms with Crippen LogP contribution in [0.3, 0.4) is 0 Å². The Kier molecular flexibility index (Phi) is 4.49. The maximum Gasteiger partial charge on any atom is 0.191 e. The van der Waals surface area contributed by atoms with Gasteiger partial charge in [-0.1, -0.05) is 0 Å². The summed E-state index contributed by atoms with van der Waals surface area (Å²) in [6.07, 6.45) is 1.58. The van der Waals surface area contributed by atoms with Crippen LogP contribution >= 0.6 is 0 Å². The minimum atomic E-state index is -0.662. The lowest BCUT2D eigenvalue weighted by molar-refractivity contribution is 0.0223. The largest absolute Gasteiger partial charge is 0.484 e. The van der Waals surface area contributed by atoms with Gasteiger partial charge < -0.3 is 15.2 Å². The van der Waals surface area contributed by atoms with Crippen molar-refractivity contribution in [1.82, 2.24) is 0 Å². The molecule has 1 aromatic carbocycles. The quantitative estimate of drug-likeness (QED) is 0.897. The molecule has 1 fully saturated rings. The Hall–Kier alpha value is -1.20. The molecule has 100 valence electrons. The highest BCUT2D eigenvalue weighted by Crippen LogP contribution is 2.26. The highest BCUT2D eigenvalue weighted by atomic mass is 19.1. The SMILES string of the molecule is NCCc1cc(F)c(OC2CCOCC2)c(F)c1. The Labute approximate surface area is 105 Å². The first kappa shape index (κ1) is 13.2. The third kappa shape index (κ3) is 3.17. The van der Waals surface area contributed by atoms with Crippen molar-refractivity contribution >= 4 is 0 Å². The van der Waals surface area contributed by atoms with Gasteiger partial charge in [0, 0.05) is 12.8 Å². The molecule has 0 aromatic heterocycles. The fraction of sp³-hybridized carbons (Fsp3) is 0.538. The van der Waals surface area contributed by atoms with Gasteiger partial charge in [0.25, 0.3) is 0 Å². The molecule has 0 aliphatic carbocycles. The molecule has 5 heteroatoms. The zero-order chi connectivity index (χ0) is 13.0. The van der Waals surface area contributed by atoms with Crippen LogP contribution in [0.15, 0.2) is 12.1 Å². The number of hydrogen-bond donors (Lipinski definition) is 1. The molecular formula is C13H17F2NO2. The van der Waals surface area contributed by atoms with Crippen molar-refractivity contribution in [2.24, 2.45) is 5.73 Å². The number of nitrogens with two attached hydrogens (primary N) is 1. The van der Waals surface area contributed by atoms with E-state index in [2.05, 4.69) is 0 Å². The number of hydrogen-bond acceptors (Lipinski definition) is 3. The molecule has 1 aromatic rings. The molecule has 18 heavy (non-hydrogen) atoms. The fourth-order valence-electron chi connectivity index (χ4n) is 2.00. The first-order chi connectivity index (χ1) is 8.70. The van der Waals surface area contributed by atoms with Crippen LogP contribution in [0.4, 0.5) is 8.78 Å². The van der Waals surface area contributed by atoms with Crippen molar-refractivity contribution < 1.29 is 18.3 Å². The predicted octanol–water partition coefficient (Wildman–Crippen LogP) is 2.02. The summed E-state index contributed by atoms with van der Waals surface area (Å²) in [5, 5.41) is 0. The Bertz CT molecular complexity index is 383. The van der Waals surface area contributed by atoms with Gasteiger partial charge in [0.15, 0.2) is 17.4 Å². The van der Waals surface area contributed by atoms with Crippen LogP contribution < -0.4 is 10.5 Å². The molecule has 2 N–H and O–H groups in total. The third-order valence-electron chi connectivity index (χ3n) is 2.94. The second kappa shape index (κ2) is 6.11. The standard InChI is InChI=1S/C13H17F2NO2/c14-11-7-9(1-4-16)8-12(15)13(11)18-10-2-5-17-6-3-10/h7-8,10H,1-6,16H2. The number of halogens is 2.